The maximum absolute atomic E-state index is 12.1. The predicted molar refractivity (Wildman–Crippen MR) is 99.6 cm³/mol. The molecule has 0 aliphatic rings. The van der Waals surface area contributed by atoms with E-state index in [1.54, 1.807) is 0 Å². The molecule has 0 aliphatic heterocycles. The number of hydrogen-bond donors (Lipinski definition) is 1. The van der Waals surface area contributed by atoms with Gasteiger partial charge in [0, 0.05) is 5.56 Å². The number of carbonyl (C=O) groups is 1. The first-order chi connectivity index (χ1) is 11.1. The molecular weight excluding hydrogens is 372 g/mol. The van der Waals surface area contributed by atoms with Gasteiger partial charge in [-0.1, -0.05) is 13.8 Å². The summed E-state index contributed by atoms with van der Waals surface area (Å²) in [6, 6.07) is 1.90. The molecule has 0 aliphatic carbocycles. The second kappa shape index (κ2) is 8.75. The lowest BCUT2D eigenvalue weighted by Crippen LogP contribution is -2.28. The fourth-order valence-electron chi connectivity index (χ4n) is 2.22. The van der Waals surface area contributed by atoms with Crippen molar-refractivity contribution in [2.75, 3.05) is 13.2 Å². The standard InChI is InChI=1S/C19H29BrO4/c1-12(2)11-24-18(22)19(5,6)8-7-9-23-15-10-13(3)16(20)17(21)14(15)4/h10,12,21H,7-9,11H2,1-6H3. The number of ether oxygens (including phenoxy) is 2. The summed E-state index contributed by atoms with van der Waals surface area (Å²) in [5, 5.41) is 10.0. The van der Waals surface area contributed by atoms with Crippen molar-refractivity contribution in [1.29, 1.82) is 0 Å². The van der Waals surface area contributed by atoms with Gasteiger partial charge in [0.2, 0.25) is 0 Å². The Labute approximate surface area is 153 Å². The highest BCUT2D eigenvalue weighted by Crippen LogP contribution is 2.37. The van der Waals surface area contributed by atoms with Crippen molar-refractivity contribution in [3.05, 3.63) is 21.7 Å². The number of aryl methyl sites for hydroxylation is 1. The number of rotatable bonds is 8. The van der Waals surface area contributed by atoms with E-state index in [4.69, 9.17) is 9.47 Å². The third kappa shape index (κ3) is 5.69. The Bertz CT molecular complexity index is 579. The van der Waals surface area contributed by atoms with Crippen LogP contribution in [0.3, 0.4) is 0 Å². The van der Waals surface area contributed by atoms with Crippen LogP contribution >= 0.6 is 15.9 Å². The first-order valence-electron chi connectivity index (χ1n) is 8.35. The Morgan fingerprint density at radius 1 is 1.33 bits per heavy atom. The highest BCUT2D eigenvalue weighted by atomic mass is 79.9. The van der Waals surface area contributed by atoms with Gasteiger partial charge in [-0.15, -0.1) is 0 Å². The van der Waals surface area contributed by atoms with Crippen LogP contribution in [0.1, 0.15) is 51.7 Å². The minimum Gasteiger partial charge on any atom is -0.506 e. The molecule has 0 atom stereocenters. The summed E-state index contributed by atoms with van der Waals surface area (Å²) >= 11 is 3.36. The number of hydrogen-bond acceptors (Lipinski definition) is 4. The van der Waals surface area contributed by atoms with E-state index in [1.807, 2.05) is 47.6 Å². The molecule has 0 radical (unpaired) electrons. The third-order valence-corrected chi connectivity index (χ3v) is 4.93. The Balaban J connectivity index is 2.52. The fourth-order valence-corrected chi connectivity index (χ4v) is 2.63. The van der Waals surface area contributed by atoms with Crippen LogP contribution in [0.4, 0.5) is 0 Å². The summed E-state index contributed by atoms with van der Waals surface area (Å²) in [5.74, 6) is 1.06. The van der Waals surface area contributed by atoms with E-state index in [-0.39, 0.29) is 11.7 Å². The van der Waals surface area contributed by atoms with E-state index < -0.39 is 5.41 Å². The summed E-state index contributed by atoms with van der Waals surface area (Å²) in [6.07, 6.45) is 1.42. The number of esters is 1. The van der Waals surface area contributed by atoms with E-state index in [1.165, 1.54) is 0 Å². The monoisotopic (exact) mass is 400 g/mol. The second-order valence-corrected chi connectivity index (χ2v) is 8.10. The summed E-state index contributed by atoms with van der Waals surface area (Å²) in [4.78, 5) is 12.1. The van der Waals surface area contributed by atoms with Gasteiger partial charge >= 0.3 is 5.97 Å². The van der Waals surface area contributed by atoms with Crippen molar-refractivity contribution >= 4 is 21.9 Å². The summed E-state index contributed by atoms with van der Waals surface area (Å²) < 4.78 is 11.8. The first kappa shape index (κ1) is 20.8. The molecule has 1 aromatic carbocycles. The van der Waals surface area contributed by atoms with Gasteiger partial charge < -0.3 is 14.6 Å². The summed E-state index contributed by atoms with van der Waals surface area (Å²) in [6.45, 7) is 12.5. The maximum Gasteiger partial charge on any atom is 0.311 e. The van der Waals surface area contributed by atoms with Gasteiger partial charge in [0.15, 0.2) is 0 Å². The normalized spacial score (nSPS) is 11.7. The molecule has 0 bridgehead atoms. The zero-order chi connectivity index (χ0) is 18.5. The molecule has 4 nitrogen and oxygen atoms in total. The molecule has 5 heteroatoms. The van der Waals surface area contributed by atoms with Gasteiger partial charge in [-0.25, -0.2) is 0 Å². The fraction of sp³-hybridized carbons (Fsp3) is 0.632. The molecule has 0 saturated carbocycles. The third-order valence-electron chi connectivity index (χ3n) is 3.93. The number of phenols is 1. The minimum absolute atomic E-state index is 0.162. The SMILES string of the molecule is Cc1cc(OCCCC(C)(C)C(=O)OCC(C)C)c(C)c(O)c1Br. The zero-order valence-electron chi connectivity index (χ0n) is 15.5. The minimum atomic E-state index is -0.523. The molecule has 0 amide bonds. The van der Waals surface area contributed by atoms with Crippen molar-refractivity contribution in [1.82, 2.24) is 0 Å². The predicted octanol–water partition coefficient (Wildman–Crippen LogP) is 5.16. The molecule has 0 aromatic heterocycles. The van der Waals surface area contributed by atoms with Crippen molar-refractivity contribution in [3.63, 3.8) is 0 Å². The zero-order valence-corrected chi connectivity index (χ0v) is 17.1. The maximum atomic E-state index is 12.1. The molecule has 24 heavy (non-hydrogen) atoms. The van der Waals surface area contributed by atoms with E-state index in [2.05, 4.69) is 15.9 Å². The molecule has 0 unspecified atom stereocenters. The largest absolute Gasteiger partial charge is 0.506 e. The lowest BCUT2D eigenvalue weighted by atomic mass is 9.88. The Kier molecular flexibility index (Phi) is 7.58. The molecular formula is C19H29BrO4. The molecule has 136 valence electrons. The molecule has 0 saturated heterocycles. The van der Waals surface area contributed by atoms with Crippen molar-refractivity contribution in [3.8, 4) is 11.5 Å². The number of carbonyl (C=O) groups excluding carboxylic acids is 1. The van der Waals surface area contributed by atoms with Gasteiger partial charge in [-0.05, 0) is 74.0 Å². The lowest BCUT2D eigenvalue weighted by molar-refractivity contribution is -0.155. The van der Waals surface area contributed by atoms with Crippen molar-refractivity contribution in [2.24, 2.45) is 11.3 Å². The molecule has 0 spiro atoms. The van der Waals surface area contributed by atoms with E-state index in [0.717, 1.165) is 12.0 Å². The van der Waals surface area contributed by atoms with Gasteiger partial charge in [0.25, 0.3) is 0 Å². The number of halogens is 1. The van der Waals surface area contributed by atoms with E-state index in [9.17, 15) is 9.90 Å². The highest BCUT2D eigenvalue weighted by Gasteiger charge is 2.29. The lowest BCUT2D eigenvalue weighted by Gasteiger charge is -2.23. The van der Waals surface area contributed by atoms with Crippen LogP contribution in [0.2, 0.25) is 0 Å². The van der Waals surface area contributed by atoms with Crippen LogP contribution in [0, 0.1) is 25.2 Å². The Morgan fingerprint density at radius 3 is 2.54 bits per heavy atom. The average Bonchev–Trinajstić information content (AvgIpc) is 2.51. The number of aromatic hydroxyl groups is 1. The topological polar surface area (TPSA) is 55.8 Å². The number of benzene rings is 1. The van der Waals surface area contributed by atoms with E-state index in [0.29, 0.717) is 41.3 Å². The Morgan fingerprint density at radius 2 is 1.96 bits per heavy atom. The molecule has 1 rings (SSSR count). The van der Waals surface area contributed by atoms with Gasteiger partial charge in [0.05, 0.1) is 23.1 Å². The van der Waals surface area contributed by atoms with Crippen LogP contribution in [0.15, 0.2) is 10.5 Å². The summed E-state index contributed by atoms with van der Waals surface area (Å²) in [7, 11) is 0. The van der Waals surface area contributed by atoms with E-state index >= 15 is 0 Å². The van der Waals surface area contributed by atoms with Gasteiger partial charge in [-0.3, -0.25) is 4.79 Å². The number of phenolic OH excluding ortho intramolecular Hbond substituents is 1. The Hall–Kier alpha value is -1.23. The van der Waals surface area contributed by atoms with Crippen LogP contribution in [-0.4, -0.2) is 24.3 Å². The van der Waals surface area contributed by atoms with Gasteiger partial charge in [0.1, 0.15) is 11.5 Å². The first-order valence-corrected chi connectivity index (χ1v) is 9.14. The van der Waals surface area contributed by atoms with Crippen LogP contribution < -0.4 is 4.74 Å². The highest BCUT2D eigenvalue weighted by molar-refractivity contribution is 9.10. The second-order valence-electron chi connectivity index (χ2n) is 7.31. The van der Waals surface area contributed by atoms with Crippen LogP contribution in [-0.2, 0) is 9.53 Å². The smallest absolute Gasteiger partial charge is 0.311 e. The molecule has 0 fully saturated rings. The van der Waals surface area contributed by atoms with Gasteiger partial charge in [-0.2, -0.15) is 0 Å². The van der Waals surface area contributed by atoms with Crippen LogP contribution in [0.25, 0.3) is 0 Å². The van der Waals surface area contributed by atoms with Crippen molar-refractivity contribution < 1.29 is 19.4 Å². The molecule has 1 N–H and O–H groups in total. The average molecular weight is 401 g/mol. The molecule has 0 heterocycles. The summed E-state index contributed by atoms with van der Waals surface area (Å²) in [5.41, 5.74) is 1.11. The van der Waals surface area contributed by atoms with Crippen LogP contribution in [0.5, 0.6) is 11.5 Å². The molecule has 1 aromatic rings. The van der Waals surface area contributed by atoms with Crippen molar-refractivity contribution in [2.45, 2.75) is 54.4 Å². The quantitative estimate of drug-likeness (QED) is 0.483.